The fraction of sp³-hybridized carbons (Fsp3) is 0.462. The average molecular weight is 277 g/mol. The maximum Gasteiger partial charge on any atom is 0.337 e. The molecule has 0 unspecified atom stereocenters. The minimum Gasteiger partial charge on any atom is -0.467 e. The van der Waals surface area contributed by atoms with E-state index < -0.39 is 24.2 Å². The lowest BCUT2D eigenvalue weighted by Gasteiger charge is -2.19. The van der Waals surface area contributed by atoms with Gasteiger partial charge in [0.25, 0.3) is 0 Å². The summed E-state index contributed by atoms with van der Waals surface area (Å²) in [5, 5.41) is 3.61. The summed E-state index contributed by atoms with van der Waals surface area (Å²) in [6.45, 7) is 0.448. The van der Waals surface area contributed by atoms with Crippen LogP contribution in [0.2, 0.25) is 0 Å². The van der Waals surface area contributed by atoms with Gasteiger partial charge in [-0.2, -0.15) is 0 Å². The van der Waals surface area contributed by atoms with Crippen molar-refractivity contribution in [2.45, 2.75) is 24.9 Å². The van der Waals surface area contributed by atoms with Crippen LogP contribution in [0, 0.1) is 0 Å². The number of rotatable bonds is 5. The molecule has 1 saturated heterocycles. The van der Waals surface area contributed by atoms with Crippen molar-refractivity contribution in [3.63, 3.8) is 0 Å². The monoisotopic (exact) mass is 277 g/mol. The molecule has 1 fully saturated rings. The van der Waals surface area contributed by atoms with Crippen LogP contribution in [0.4, 0.5) is 0 Å². The number of hydrogen-bond donors (Lipinski definition) is 0. The molecule has 2 rings (SSSR count). The van der Waals surface area contributed by atoms with E-state index in [0.29, 0.717) is 6.61 Å². The minimum absolute atomic E-state index is 0.142. The van der Waals surface area contributed by atoms with E-state index in [0.717, 1.165) is 5.56 Å². The van der Waals surface area contributed by atoms with E-state index in [1.807, 2.05) is 30.3 Å². The second kappa shape index (κ2) is 6.91. The molecule has 7 heteroatoms. The zero-order valence-electron chi connectivity index (χ0n) is 11.0. The fourth-order valence-corrected chi connectivity index (χ4v) is 2.04. The predicted molar refractivity (Wildman–Crippen MR) is 69.7 cm³/mol. The van der Waals surface area contributed by atoms with Gasteiger partial charge in [0.15, 0.2) is 6.10 Å². The minimum atomic E-state index is -0.862. The smallest absolute Gasteiger partial charge is 0.337 e. The van der Waals surface area contributed by atoms with E-state index >= 15 is 0 Å². The van der Waals surface area contributed by atoms with Crippen molar-refractivity contribution in [1.82, 2.24) is 0 Å². The quantitative estimate of drug-likeness (QED) is 0.355. The van der Waals surface area contributed by atoms with Gasteiger partial charge in [0.05, 0.1) is 26.4 Å². The van der Waals surface area contributed by atoms with Crippen LogP contribution in [-0.4, -0.2) is 37.9 Å². The highest BCUT2D eigenvalue weighted by Gasteiger charge is 2.42. The largest absolute Gasteiger partial charge is 0.467 e. The van der Waals surface area contributed by atoms with E-state index in [-0.39, 0.29) is 6.61 Å². The number of ether oxygens (including phenoxy) is 3. The standard InChI is InChI=1S/C13H15N3O4/c1-18-13(17)12-11(10(8-20-12)15-16-14)19-7-9-5-3-2-4-6-9/h2-6,10-12H,7-8H2,1H3/t10-,11+,12+/m0/s1. The molecule has 0 amide bonds. The van der Waals surface area contributed by atoms with Crippen molar-refractivity contribution in [2.24, 2.45) is 5.11 Å². The van der Waals surface area contributed by atoms with Crippen LogP contribution in [0.3, 0.4) is 0 Å². The maximum atomic E-state index is 11.6. The van der Waals surface area contributed by atoms with Gasteiger partial charge in [-0.15, -0.1) is 0 Å². The predicted octanol–water partition coefficient (Wildman–Crippen LogP) is 1.82. The number of carbonyl (C=O) groups is 1. The van der Waals surface area contributed by atoms with Gasteiger partial charge in [-0.05, 0) is 11.1 Å². The van der Waals surface area contributed by atoms with Gasteiger partial charge in [-0.1, -0.05) is 35.4 Å². The fourth-order valence-electron chi connectivity index (χ4n) is 2.04. The van der Waals surface area contributed by atoms with Crippen molar-refractivity contribution in [1.29, 1.82) is 0 Å². The van der Waals surface area contributed by atoms with Crippen LogP contribution in [0.1, 0.15) is 5.56 Å². The zero-order chi connectivity index (χ0) is 14.4. The van der Waals surface area contributed by atoms with Crippen LogP contribution >= 0.6 is 0 Å². The second-order valence-electron chi connectivity index (χ2n) is 4.31. The highest BCUT2D eigenvalue weighted by Crippen LogP contribution is 2.23. The summed E-state index contributed by atoms with van der Waals surface area (Å²) in [7, 11) is 1.28. The second-order valence-corrected chi connectivity index (χ2v) is 4.31. The van der Waals surface area contributed by atoms with Gasteiger partial charge in [-0.25, -0.2) is 4.79 Å². The molecule has 1 aliphatic heterocycles. The Morgan fingerprint density at radius 1 is 1.50 bits per heavy atom. The third kappa shape index (κ3) is 3.27. The molecule has 0 bridgehead atoms. The summed E-state index contributed by atoms with van der Waals surface area (Å²) in [5.41, 5.74) is 9.50. The lowest BCUT2D eigenvalue weighted by Crippen LogP contribution is -2.38. The number of hydrogen-bond acceptors (Lipinski definition) is 5. The molecule has 0 aromatic heterocycles. The third-order valence-electron chi connectivity index (χ3n) is 3.04. The van der Waals surface area contributed by atoms with E-state index in [4.69, 9.17) is 15.0 Å². The van der Waals surface area contributed by atoms with Crippen LogP contribution < -0.4 is 0 Å². The first-order valence-electron chi connectivity index (χ1n) is 6.15. The van der Waals surface area contributed by atoms with Crippen molar-refractivity contribution in [3.8, 4) is 0 Å². The third-order valence-corrected chi connectivity index (χ3v) is 3.04. The SMILES string of the molecule is COC(=O)[C@@H]1OC[C@H](N=[N+]=[N-])[C@H]1OCc1ccccc1. The molecule has 0 spiro atoms. The van der Waals surface area contributed by atoms with E-state index in [1.54, 1.807) is 0 Å². The van der Waals surface area contributed by atoms with Crippen LogP contribution in [0.15, 0.2) is 35.4 Å². The Morgan fingerprint density at radius 3 is 2.90 bits per heavy atom. The summed E-state index contributed by atoms with van der Waals surface area (Å²) in [6.07, 6.45) is -1.50. The number of nitrogens with zero attached hydrogens (tertiary/aromatic N) is 3. The van der Waals surface area contributed by atoms with Crippen molar-refractivity contribution in [2.75, 3.05) is 13.7 Å². The maximum absolute atomic E-state index is 11.6. The molecule has 0 aliphatic carbocycles. The number of esters is 1. The molecule has 1 aromatic rings. The zero-order valence-corrected chi connectivity index (χ0v) is 11.0. The molecule has 0 N–H and O–H groups in total. The molecule has 3 atom stereocenters. The van der Waals surface area contributed by atoms with Gasteiger partial charge in [-0.3, -0.25) is 0 Å². The molecule has 20 heavy (non-hydrogen) atoms. The molecule has 0 radical (unpaired) electrons. The van der Waals surface area contributed by atoms with Gasteiger partial charge in [0.1, 0.15) is 6.10 Å². The Hall–Kier alpha value is -2.08. The lowest BCUT2D eigenvalue weighted by atomic mass is 10.1. The number of benzene rings is 1. The van der Waals surface area contributed by atoms with Gasteiger partial charge >= 0.3 is 5.97 Å². The van der Waals surface area contributed by atoms with E-state index in [1.165, 1.54) is 7.11 Å². The van der Waals surface area contributed by atoms with Gasteiger partial charge in [0, 0.05) is 4.91 Å². The molecule has 0 saturated carbocycles. The average Bonchev–Trinajstić information content (AvgIpc) is 2.89. The van der Waals surface area contributed by atoms with E-state index in [9.17, 15) is 4.79 Å². The van der Waals surface area contributed by atoms with Gasteiger partial charge < -0.3 is 14.2 Å². The number of methoxy groups -OCH3 is 1. The molecule has 7 nitrogen and oxygen atoms in total. The van der Waals surface area contributed by atoms with Crippen molar-refractivity contribution < 1.29 is 19.0 Å². The van der Waals surface area contributed by atoms with Crippen molar-refractivity contribution >= 4 is 5.97 Å². The summed E-state index contributed by atoms with van der Waals surface area (Å²) in [6, 6.07) is 8.98. The molecule has 1 aliphatic rings. The van der Waals surface area contributed by atoms with E-state index in [2.05, 4.69) is 14.8 Å². The number of azide groups is 1. The summed E-state index contributed by atoms with van der Waals surface area (Å²) >= 11 is 0. The highest BCUT2D eigenvalue weighted by atomic mass is 16.6. The molecule has 106 valence electrons. The molecular weight excluding hydrogens is 262 g/mol. The Kier molecular flexibility index (Phi) is 4.95. The Labute approximate surface area is 116 Å². The first-order valence-corrected chi connectivity index (χ1v) is 6.15. The lowest BCUT2D eigenvalue weighted by molar-refractivity contribution is -0.157. The molecule has 1 aromatic carbocycles. The Morgan fingerprint density at radius 2 is 2.25 bits per heavy atom. The van der Waals surface area contributed by atoms with Crippen molar-refractivity contribution in [3.05, 3.63) is 46.3 Å². The summed E-state index contributed by atoms with van der Waals surface area (Å²) < 4.78 is 15.7. The topological polar surface area (TPSA) is 93.5 Å². The first kappa shape index (κ1) is 14.3. The molecule has 1 heterocycles. The highest BCUT2D eigenvalue weighted by molar-refractivity contribution is 5.75. The Bertz CT molecular complexity index is 502. The molecular formula is C13H15N3O4. The van der Waals surface area contributed by atoms with Crippen LogP contribution in [0.25, 0.3) is 10.4 Å². The Balaban J connectivity index is 2.06. The number of carbonyl (C=O) groups excluding carboxylic acids is 1. The normalized spacial score (nSPS) is 24.9. The van der Waals surface area contributed by atoms with Gasteiger partial charge in [0.2, 0.25) is 0 Å². The summed E-state index contributed by atoms with van der Waals surface area (Å²) in [4.78, 5) is 14.4. The van der Waals surface area contributed by atoms with Crippen LogP contribution in [-0.2, 0) is 25.6 Å². The first-order chi connectivity index (χ1) is 9.76. The summed E-state index contributed by atoms with van der Waals surface area (Å²) in [5.74, 6) is -0.529. The van der Waals surface area contributed by atoms with Crippen LogP contribution in [0.5, 0.6) is 0 Å².